The Hall–Kier alpha value is -1.69. The van der Waals surface area contributed by atoms with E-state index in [0.29, 0.717) is 33.5 Å². The quantitative estimate of drug-likeness (QED) is 0.623. The molecule has 0 aliphatic heterocycles. The fourth-order valence-electron chi connectivity index (χ4n) is 2.90. The van der Waals surface area contributed by atoms with Gasteiger partial charge in [-0.2, -0.15) is 13.3 Å². The van der Waals surface area contributed by atoms with Crippen LogP contribution >= 0.6 is 11.3 Å². The largest absolute Gasteiger partial charge is 0.269 e. The van der Waals surface area contributed by atoms with Crippen molar-refractivity contribution in [3.63, 3.8) is 0 Å². The first-order valence-electron chi connectivity index (χ1n) is 6.63. The fraction of sp³-hybridized carbons (Fsp3) is 0.333. The molecule has 2 aromatic heterocycles. The zero-order valence-electron chi connectivity index (χ0n) is 12.1. The number of nitrogens with zero attached hydrogens (tertiary/aromatic N) is 2. The Bertz CT molecular complexity index is 900. The summed E-state index contributed by atoms with van der Waals surface area (Å²) >= 11 is 0.678. The summed E-state index contributed by atoms with van der Waals surface area (Å²) in [5.41, 5.74) is 2.38. The minimum absolute atomic E-state index is 0.00125. The van der Waals surface area contributed by atoms with Gasteiger partial charge in [0.1, 0.15) is 12.7 Å². The summed E-state index contributed by atoms with van der Waals surface area (Å²) in [6, 6.07) is 0. The van der Waals surface area contributed by atoms with E-state index in [1.165, 1.54) is 6.92 Å². The summed E-state index contributed by atoms with van der Waals surface area (Å²) in [6.07, 6.45) is 0.703. The lowest BCUT2D eigenvalue weighted by atomic mass is 10.1. The van der Waals surface area contributed by atoms with Gasteiger partial charge in [0.15, 0.2) is 17.2 Å². The van der Waals surface area contributed by atoms with E-state index in [9.17, 15) is 13.2 Å². The van der Waals surface area contributed by atoms with E-state index in [1.54, 1.807) is 11.6 Å². The van der Waals surface area contributed by atoms with E-state index in [0.717, 1.165) is 11.4 Å². The summed E-state index contributed by atoms with van der Waals surface area (Å²) < 4.78 is 44.3. The Kier molecular flexibility index (Phi) is 3.16. The van der Waals surface area contributed by atoms with E-state index in [4.69, 9.17) is 0 Å². The third-order valence-corrected chi connectivity index (χ3v) is 4.89. The number of fused-ring (bicyclic) bond motifs is 3. The molecule has 0 aliphatic carbocycles. The molecule has 0 amide bonds. The van der Waals surface area contributed by atoms with Gasteiger partial charge in [-0.15, -0.1) is 11.3 Å². The third-order valence-electron chi connectivity index (χ3n) is 3.93. The van der Waals surface area contributed by atoms with Crippen LogP contribution < -0.4 is 4.57 Å². The number of halogens is 3. The van der Waals surface area contributed by atoms with E-state index in [-0.39, 0.29) is 10.9 Å². The maximum absolute atomic E-state index is 14.7. The molecule has 0 fully saturated rings. The smallest absolute Gasteiger partial charge is 0.239 e. The van der Waals surface area contributed by atoms with Crippen LogP contribution in [0.25, 0.3) is 21.1 Å². The molecule has 0 saturated carbocycles. The predicted octanol–water partition coefficient (Wildman–Crippen LogP) is 3.87. The zero-order valence-corrected chi connectivity index (χ0v) is 13.0. The number of hydrogen-bond acceptors (Lipinski definition) is 2. The molecule has 2 nitrogen and oxygen atoms in total. The number of aromatic nitrogens is 2. The van der Waals surface area contributed by atoms with Crippen LogP contribution in [0.5, 0.6) is 0 Å². The van der Waals surface area contributed by atoms with E-state index in [1.807, 2.05) is 13.8 Å². The van der Waals surface area contributed by atoms with Gasteiger partial charge in [-0.05, 0) is 13.8 Å². The molecule has 3 rings (SSSR count). The molecule has 110 valence electrons. The number of benzene rings is 1. The van der Waals surface area contributed by atoms with E-state index >= 15 is 0 Å². The topological polar surface area (TPSA) is 16.8 Å². The zero-order chi connectivity index (χ0) is 15.5. The second-order valence-corrected chi connectivity index (χ2v) is 6.06. The summed E-state index contributed by atoms with van der Waals surface area (Å²) in [4.78, 5) is 4.41. The van der Waals surface area contributed by atoms with Crippen LogP contribution in [0, 0.1) is 30.6 Å². The highest BCUT2D eigenvalue weighted by Gasteiger charge is 2.28. The predicted molar refractivity (Wildman–Crippen MR) is 77.0 cm³/mol. The van der Waals surface area contributed by atoms with Crippen LogP contribution in [0.15, 0.2) is 0 Å². The molecular weight excluding hydrogens is 297 g/mol. The van der Waals surface area contributed by atoms with Gasteiger partial charge in [-0.1, -0.05) is 6.92 Å². The molecule has 2 heterocycles. The molecule has 0 N–H and O–H groups in total. The second-order valence-electron chi connectivity index (χ2n) is 5.09. The first-order chi connectivity index (χ1) is 9.88. The number of rotatable bonds is 1. The summed E-state index contributed by atoms with van der Waals surface area (Å²) in [7, 11) is 1.75. The Labute approximate surface area is 123 Å². The summed E-state index contributed by atoms with van der Waals surface area (Å²) in [5.74, 6) is -1.53. The Morgan fingerprint density at radius 1 is 1.14 bits per heavy atom. The molecular formula is C15H14F3N2S+. The van der Waals surface area contributed by atoms with Gasteiger partial charge in [0, 0.05) is 17.4 Å². The van der Waals surface area contributed by atoms with Crippen LogP contribution in [0.4, 0.5) is 13.2 Å². The van der Waals surface area contributed by atoms with Crippen molar-refractivity contribution in [1.29, 1.82) is 0 Å². The summed E-state index contributed by atoms with van der Waals surface area (Å²) in [6.45, 7) is 5.25. The van der Waals surface area contributed by atoms with Crippen molar-refractivity contribution in [2.75, 3.05) is 0 Å². The average molecular weight is 311 g/mol. The molecule has 0 spiro atoms. The Morgan fingerprint density at radius 2 is 1.81 bits per heavy atom. The molecule has 0 unspecified atom stereocenters. The highest BCUT2D eigenvalue weighted by molar-refractivity contribution is 7.18. The maximum atomic E-state index is 14.7. The monoisotopic (exact) mass is 311 g/mol. The van der Waals surface area contributed by atoms with Crippen LogP contribution in [0.1, 0.15) is 23.9 Å². The number of aryl methyl sites for hydroxylation is 3. The van der Waals surface area contributed by atoms with Crippen molar-refractivity contribution in [2.45, 2.75) is 27.2 Å². The van der Waals surface area contributed by atoms with Crippen LogP contribution in [0.3, 0.4) is 0 Å². The van der Waals surface area contributed by atoms with Crippen LogP contribution in [-0.2, 0) is 13.5 Å². The van der Waals surface area contributed by atoms with Crippen LogP contribution in [0.2, 0.25) is 0 Å². The van der Waals surface area contributed by atoms with E-state index < -0.39 is 16.8 Å². The van der Waals surface area contributed by atoms with Gasteiger partial charge < -0.3 is 0 Å². The molecule has 0 saturated heterocycles. The SMILES string of the molecule is CCc1c(C)nc2c3sc(F)c(F)c3c(C)c(F)c2[n+]1C. The van der Waals surface area contributed by atoms with Crippen molar-refractivity contribution in [3.05, 3.63) is 33.7 Å². The van der Waals surface area contributed by atoms with Crippen LogP contribution in [-0.4, -0.2) is 4.98 Å². The van der Waals surface area contributed by atoms with E-state index in [2.05, 4.69) is 4.98 Å². The van der Waals surface area contributed by atoms with Crippen molar-refractivity contribution in [3.8, 4) is 0 Å². The average Bonchev–Trinajstić information content (AvgIpc) is 2.72. The highest BCUT2D eigenvalue weighted by Crippen LogP contribution is 2.37. The van der Waals surface area contributed by atoms with Gasteiger partial charge in [0.05, 0.1) is 4.70 Å². The highest BCUT2D eigenvalue weighted by atomic mass is 32.1. The Morgan fingerprint density at radius 3 is 2.43 bits per heavy atom. The van der Waals surface area contributed by atoms with Crippen molar-refractivity contribution >= 4 is 32.5 Å². The molecule has 0 atom stereocenters. The lowest BCUT2D eigenvalue weighted by Crippen LogP contribution is -2.37. The van der Waals surface area contributed by atoms with Crippen molar-refractivity contribution in [1.82, 2.24) is 4.98 Å². The molecule has 0 aliphatic rings. The normalized spacial score (nSPS) is 11.8. The molecule has 21 heavy (non-hydrogen) atoms. The molecule has 6 heteroatoms. The molecule has 1 aromatic carbocycles. The van der Waals surface area contributed by atoms with Gasteiger partial charge >= 0.3 is 0 Å². The van der Waals surface area contributed by atoms with Gasteiger partial charge in [0.25, 0.3) is 5.52 Å². The summed E-state index contributed by atoms with van der Waals surface area (Å²) in [5, 5.41) is -0.930. The number of hydrogen-bond donors (Lipinski definition) is 0. The molecule has 0 bridgehead atoms. The standard InChI is InChI=1S/C15H14F3N2S/c1-5-8-7(3)19-12-13(20(8)4)10(16)6(2)9-11(17)15(18)21-14(9)12/h5H2,1-4H3/q+1. The first kappa shape index (κ1) is 14.3. The first-order valence-corrected chi connectivity index (χ1v) is 7.44. The third kappa shape index (κ3) is 1.78. The van der Waals surface area contributed by atoms with Crippen molar-refractivity contribution < 1.29 is 17.7 Å². The van der Waals surface area contributed by atoms with Gasteiger partial charge in [-0.25, -0.2) is 9.37 Å². The number of thiophene rings is 1. The molecule has 0 radical (unpaired) electrons. The van der Waals surface area contributed by atoms with Crippen molar-refractivity contribution in [2.24, 2.45) is 7.05 Å². The molecule has 3 aromatic rings. The Balaban J connectivity index is 2.67. The van der Waals surface area contributed by atoms with Gasteiger partial charge in [-0.3, -0.25) is 0 Å². The fourth-order valence-corrected chi connectivity index (χ4v) is 3.85. The lowest BCUT2D eigenvalue weighted by molar-refractivity contribution is -0.654. The van der Waals surface area contributed by atoms with Gasteiger partial charge in [0.2, 0.25) is 10.8 Å². The minimum atomic E-state index is -0.991. The minimum Gasteiger partial charge on any atom is -0.239 e. The second kappa shape index (κ2) is 4.66. The maximum Gasteiger partial charge on any atom is 0.269 e. The lowest BCUT2D eigenvalue weighted by Gasteiger charge is -2.08.